The van der Waals surface area contributed by atoms with Crippen molar-refractivity contribution < 1.29 is 14.3 Å². The lowest BCUT2D eigenvalue weighted by Crippen LogP contribution is -2.45. The highest BCUT2D eigenvalue weighted by molar-refractivity contribution is 6.30. The van der Waals surface area contributed by atoms with Crippen LogP contribution in [0.4, 0.5) is 10.5 Å². The highest BCUT2D eigenvalue weighted by Gasteiger charge is 2.21. The third kappa shape index (κ3) is 5.30. The number of amides is 2. The molecule has 0 aliphatic heterocycles. The minimum Gasteiger partial charge on any atom is -0.467 e. The summed E-state index contributed by atoms with van der Waals surface area (Å²) in [5, 5.41) is 5.76. The first-order chi connectivity index (χ1) is 11.1. The summed E-state index contributed by atoms with van der Waals surface area (Å²) in [7, 11) is 1.29. The second-order valence-corrected chi connectivity index (χ2v) is 5.31. The molecular weight excluding hydrogens is 316 g/mol. The van der Waals surface area contributed by atoms with Crippen molar-refractivity contribution in [2.24, 2.45) is 0 Å². The molecule has 5 nitrogen and oxygen atoms in total. The molecule has 0 saturated heterocycles. The van der Waals surface area contributed by atoms with Crippen molar-refractivity contribution in [2.75, 3.05) is 12.4 Å². The molecule has 6 heteroatoms. The topological polar surface area (TPSA) is 67.4 Å². The molecule has 2 aromatic rings. The molecule has 0 fully saturated rings. The normalized spacial score (nSPS) is 11.4. The lowest BCUT2D eigenvalue weighted by Gasteiger charge is -2.17. The molecule has 0 bridgehead atoms. The molecule has 0 aliphatic carbocycles. The number of anilines is 1. The maximum Gasteiger partial charge on any atom is 0.328 e. The summed E-state index contributed by atoms with van der Waals surface area (Å²) < 4.78 is 4.75. The van der Waals surface area contributed by atoms with Gasteiger partial charge >= 0.3 is 12.0 Å². The summed E-state index contributed by atoms with van der Waals surface area (Å²) in [5.74, 6) is -0.505. The number of benzene rings is 2. The van der Waals surface area contributed by atoms with Crippen LogP contribution in [0.1, 0.15) is 5.56 Å². The fourth-order valence-electron chi connectivity index (χ4n) is 2.08. The summed E-state index contributed by atoms with van der Waals surface area (Å²) in [6.07, 6.45) is 0.344. The number of hydrogen-bond donors (Lipinski definition) is 2. The van der Waals surface area contributed by atoms with E-state index in [-0.39, 0.29) is 0 Å². The summed E-state index contributed by atoms with van der Waals surface area (Å²) in [4.78, 5) is 23.9. The number of esters is 1. The SMILES string of the molecule is COC(=O)[C@@H](Cc1ccccc1)NC(=O)Nc1cccc(Cl)c1. The number of halogens is 1. The maximum atomic E-state index is 12.1. The van der Waals surface area contributed by atoms with Gasteiger partial charge in [-0.2, -0.15) is 0 Å². The van der Waals surface area contributed by atoms with Crippen LogP contribution in [0.25, 0.3) is 0 Å². The lowest BCUT2D eigenvalue weighted by molar-refractivity contribution is -0.142. The van der Waals surface area contributed by atoms with E-state index in [2.05, 4.69) is 10.6 Å². The van der Waals surface area contributed by atoms with Gasteiger partial charge in [-0.1, -0.05) is 48.0 Å². The van der Waals surface area contributed by atoms with Crippen molar-refractivity contribution >= 4 is 29.3 Å². The van der Waals surface area contributed by atoms with Gasteiger partial charge in [0.2, 0.25) is 0 Å². The number of methoxy groups -OCH3 is 1. The zero-order chi connectivity index (χ0) is 16.7. The number of urea groups is 1. The van der Waals surface area contributed by atoms with Gasteiger partial charge in [-0.15, -0.1) is 0 Å². The number of ether oxygens (including phenoxy) is 1. The van der Waals surface area contributed by atoms with E-state index >= 15 is 0 Å². The maximum absolute atomic E-state index is 12.1. The zero-order valence-electron chi connectivity index (χ0n) is 12.6. The smallest absolute Gasteiger partial charge is 0.328 e. The third-order valence-electron chi connectivity index (χ3n) is 3.16. The van der Waals surface area contributed by atoms with E-state index in [0.717, 1.165) is 5.56 Å². The predicted molar refractivity (Wildman–Crippen MR) is 89.6 cm³/mol. The van der Waals surface area contributed by atoms with Crippen LogP contribution in [0.5, 0.6) is 0 Å². The Hall–Kier alpha value is -2.53. The second-order valence-electron chi connectivity index (χ2n) is 4.87. The molecule has 0 unspecified atom stereocenters. The van der Waals surface area contributed by atoms with Crippen molar-refractivity contribution in [2.45, 2.75) is 12.5 Å². The van der Waals surface area contributed by atoms with Gasteiger partial charge in [0.05, 0.1) is 7.11 Å². The summed E-state index contributed by atoms with van der Waals surface area (Å²) >= 11 is 5.87. The van der Waals surface area contributed by atoms with Crippen LogP contribution >= 0.6 is 11.6 Å². The molecule has 2 aromatic carbocycles. The van der Waals surface area contributed by atoms with Gasteiger partial charge in [-0.25, -0.2) is 9.59 Å². The van der Waals surface area contributed by atoms with Crippen LogP contribution in [0.2, 0.25) is 5.02 Å². The van der Waals surface area contributed by atoms with Gasteiger partial charge in [0.25, 0.3) is 0 Å². The van der Waals surface area contributed by atoms with Crippen LogP contribution in [0.3, 0.4) is 0 Å². The van der Waals surface area contributed by atoms with E-state index in [9.17, 15) is 9.59 Å². The predicted octanol–water partition coefficient (Wildman–Crippen LogP) is 3.25. The number of carbonyl (C=O) groups is 2. The van der Waals surface area contributed by atoms with Crippen LogP contribution in [-0.4, -0.2) is 25.2 Å². The Morgan fingerprint density at radius 3 is 2.52 bits per heavy atom. The van der Waals surface area contributed by atoms with Crippen molar-refractivity contribution in [3.8, 4) is 0 Å². The molecule has 2 amide bonds. The van der Waals surface area contributed by atoms with Crippen molar-refractivity contribution in [3.63, 3.8) is 0 Å². The van der Waals surface area contributed by atoms with E-state index < -0.39 is 18.0 Å². The first kappa shape index (κ1) is 16.8. The molecule has 2 rings (SSSR count). The zero-order valence-corrected chi connectivity index (χ0v) is 13.3. The summed E-state index contributed by atoms with van der Waals surface area (Å²) in [6, 6.07) is 14.9. The minimum absolute atomic E-state index is 0.344. The standard InChI is InChI=1S/C17H17ClN2O3/c1-23-16(21)15(10-12-6-3-2-4-7-12)20-17(22)19-14-9-5-8-13(18)11-14/h2-9,11,15H,10H2,1H3,(H2,19,20,22)/t15-/m1/s1. The molecule has 0 saturated carbocycles. The molecule has 1 atom stereocenters. The van der Waals surface area contributed by atoms with Gasteiger partial charge in [0.15, 0.2) is 0 Å². The molecule has 0 spiro atoms. The Labute approximate surface area is 139 Å². The number of nitrogens with one attached hydrogen (secondary N) is 2. The Kier molecular flexibility index (Phi) is 6.00. The quantitative estimate of drug-likeness (QED) is 0.826. The largest absolute Gasteiger partial charge is 0.467 e. The van der Waals surface area contributed by atoms with Gasteiger partial charge in [-0.05, 0) is 23.8 Å². The first-order valence-corrected chi connectivity index (χ1v) is 7.41. The minimum atomic E-state index is -0.776. The fraction of sp³-hybridized carbons (Fsp3) is 0.176. The van der Waals surface area contributed by atoms with E-state index in [1.807, 2.05) is 30.3 Å². The lowest BCUT2D eigenvalue weighted by atomic mass is 10.1. The highest BCUT2D eigenvalue weighted by atomic mass is 35.5. The van der Waals surface area contributed by atoms with Crippen LogP contribution in [0.15, 0.2) is 54.6 Å². The number of rotatable bonds is 5. The van der Waals surface area contributed by atoms with Crippen LogP contribution < -0.4 is 10.6 Å². The van der Waals surface area contributed by atoms with Gasteiger partial charge in [-0.3, -0.25) is 0 Å². The van der Waals surface area contributed by atoms with E-state index in [1.54, 1.807) is 24.3 Å². The summed E-state index contributed by atoms with van der Waals surface area (Å²) in [5.41, 5.74) is 1.46. The van der Waals surface area contributed by atoms with E-state index in [4.69, 9.17) is 16.3 Å². The van der Waals surface area contributed by atoms with E-state index in [0.29, 0.717) is 17.1 Å². The van der Waals surface area contributed by atoms with Crippen molar-refractivity contribution in [1.29, 1.82) is 0 Å². The average molecular weight is 333 g/mol. The Morgan fingerprint density at radius 1 is 1.13 bits per heavy atom. The second kappa shape index (κ2) is 8.19. The van der Waals surface area contributed by atoms with Crippen LogP contribution in [0, 0.1) is 0 Å². The Bertz CT molecular complexity index is 677. The molecule has 0 aliphatic rings. The number of carbonyl (C=O) groups excluding carboxylic acids is 2. The fourth-order valence-corrected chi connectivity index (χ4v) is 2.27. The van der Waals surface area contributed by atoms with Crippen molar-refractivity contribution in [1.82, 2.24) is 5.32 Å². The molecule has 2 N–H and O–H groups in total. The molecule has 0 radical (unpaired) electrons. The first-order valence-electron chi connectivity index (χ1n) is 7.03. The average Bonchev–Trinajstić information content (AvgIpc) is 2.54. The van der Waals surface area contributed by atoms with Gasteiger partial charge < -0.3 is 15.4 Å². The molecule has 0 aromatic heterocycles. The van der Waals surface area contributed by atoms with Gasteiger partial charge in [0, 0.05) is 17.1 Å². The third-order valence-corrected chi connectivity index (χ3v) is 3.39. The van der Waals surface area contributed by atoms with E-state index in [1.165, 1.54) is 7.11 Å². The summed E-state index contributed by atoms with van der Waals surface area (Å²) in [6.45, 7) is 0. The Balaban J connectivity index is 2.02. The van der Waals surface area contributed by atoms with Gasteiger partial charge in [0.1, 0.15) is 6.04 Å². The molecule has 120 valence electrons. The van der Waals surface area contributed by atoms with Crippen LogP contribution in [-0.2, 0) is 16.0 Å². The number of hydrogen-bond acceptors (Lipinski definition) is 3. The monoisotopic (exact) mass is 332 g/mol. The Morgan fingerprint density at radius 2 is 1.87 bits per heavy atom. The van der Waals surface area contributed by atoms with Crippen molar-refractivity contribution in [3.05, 3.63) is 65.2 Å². The molecule has 0 heterocycles. The molecule has 23 heavy (non-hydrogen) atoms. The highest BCUT2D eigenvalue weighted by Crippen LogP contribution is 2.14. The molecular formula is C17H17ClN2O3.